The lowest BCUT2D eigenvalue weighted by atomic mass is 9.49. The van der Waals surface area contributed by atoms with E-state index in [1.54, 1.807) is 38.5 Å². The molecule has 1 spiro atoms. The van der Waals surface area contributed by atoms with Crippen molar-refractivity contribution in [1.29, 1.82) is 0 Å². The summed E-state index contributed by atoms with van der Waals surface area (Å²) in [6.45, 7) is 2.93. The highest BCUT2D eigenvalue weighted by Crippen LogP contribution is 2.61. The minimum atomic E-state index is 0.684. The highest BCUT2D eigenvalue weighted by Gasteiger charge is 2.53. The zero-order valence-corrected chi connectivity index (χ0v) is 13.1. The molecule has 0 aromatic rings. The van der Waals surface area contributed by atoms with Crippen molar-refractivity contribution >= 4 is 0 Å². The van der Waals surface area contributed by atoms with Gasteiger partial charge in [0.2, 0.25) is 0 Å². The van der Waals surface area contributed by atoms with Crippen molar-refractivity contribution in [2.24, 2.45) is 23.2 Å². The van der Waals surface area contributed by atoms with Crippen molar-refractivity contribution in [2.75, 3.05) is 13.1 Å². The van der Waals surface area contributed by atoms with E-state index in [9.17, 15) is 0 Å². The molecule has 0 aromatic carbocycles. The first-order valence-corrected chi connectivity index (χ1v) is 9.51. The molecule has 6 aliphatic rings. The summed E-state index contributed by atoms with van der Waals surface area (Å²) in [5.74, 6) is 3.38. The normalized spacial score (nSPS) is 49.5. The van der Waals surface area contributed by atoms with E-state index < -0.39 is 0 Å². The Hall–Kier alpha value is -0.0400. The summed E-state index contributed by atoms with van der Waals surface area (Å²) in [6.07, 6.45) is 18.7. The molecule has 0 N–H and O–H groups in total. The molecule has 0 amide bonds. The third kappa shape index (κ3) is 1.77. The number of nitrogens with zero attached hydrogens (tertiary/aromatic N) is 1. The van der Waals surface area contributed by atoms with Crippen molar-refractivity contribution in [3.05, 3.63) is 0 Å². The summed E-state index contributed by atoms with van der Waals surface area (Å²) in [6, 6.07) is 0. The van der Waals surface area contributed by atoms with E-state index in [0.717, 1.165) is 23.2 Å². The van der Waals surface area contributed by atoms with Crippen molar-refractivity contribution in [2.45, 2.75) is 82.6 Å². The second-order valence-corrected chi connectivity index (χ2v) is 9.37. The van der Waals surface area contributed by atoms with Crippen LogP contribution in [-0.4, -0.2) is 23.5 Å². The fraction of sp³-hybridized carbons (Fsp3) is 1.00. The lowest BCUT2D eigenvalue weighted by Crippen LogP contribution is -2.54. The summed E-state index contributed by atoms with van der Waals surface area (Å²) < 4.78 is 0. The Morgan fingerprint density at radius 3 is 1.90 bits per heavy atom. The van der Waals surface area contributed by atoms with Gasteiger partial charge in [-0.2, -0.15) is 0 Å². The van der Waals surface area contributed by atoms with Crippen molar-refractivity contribution in [3.63, 3.8) is 0 Å². The lowest BCUT2D eigenvalue weighted by molar-refractivity contribution is -0.0786. The average molecular weight is 273 g/mol. The van der Waals surface area contributed by atoms with Crippen LogP contribution in [0.2, 0.25) is 0 Å². The first-order valence-electron chi connectivity index (χ1n) is 9.51. The van der Waals surface area contributed by atoms with E-state index in [1.165, 1.54) is 51.6 Å². The van der Waals surface area contributed by atoms with Crippen molar-refractivity contribution < 1.29 is 0 Å². The maximum Gasteiger partial charge on any atom is 0.0210 e. The van der Waals surface area contributed by atoms with Crippen molar-refractivity contribution in [1.82, 2.24) is 4.90 Å². The van der Waals surface area contributed by atoms with Crippen molar-refractivity contribution in [3.8, 4) is 0 Å². The molecule has 6 fully saturated rings. The Balaban J connectivity index is 1.38. The highest BCUT2D eigenvalue weighted by molar-refractivity contribution is 5.06. The molecule has 1 nitrogen and oxygen atoms in total. The van der Waals surface area contributed by atoms with Gasteiger partial charge in [-0.25, -0.2) is 0 Å². The largest absolute Gasteiger partial charge is 0.297 e. The predicted octanol–water partition coefficient (Wildman–Crippen LogP) is 4.61. The van der Waals surface area contributed by atoms with Crippen LogP contribution < -0.4 is 0 Å². The minimum absolute atomic E-state index is 0.684. The molecule has 112 valence electrons. The predicted molar refractivity (Wildman–Crippen MR) is 82.6 cm³/mol. The second-order valence-electron chi connectivity index (χ2n) is 9.37. The smallest absolute Gasteiger partial charge is 0.0210 e. The fourth-order valence-corrected chi connectivity index (χ4v) is 7.73. The molecular formula is C19H31N. The van der Waals surface area contributed by atoms with Crippen LogP contribution in [0, 0.1) is 23.2 Å². The zero-order valence-electron chi connectivity index (χ0n) is 13.1. The van der Waals surface area contributed by atoms with Gasteiger partial charge >= 0.3 is 0 Å². The monoisotopic (exact) mass is 273 g/mol. The van der Waals surface area contributed by atoms with Crippen LogP contribution in [0.25, 0.3) is 0 Å². The molecular weight excluding hydrogens is 242 g/mol. The third-order valence-corrected chi connectivity index (χ3v) is 7.97. The van der Waals surface area contributed by atoms with E-state index >= 15 is 0 Å². The number of rotatable bonds is 2. The molecule has 1 aliphatic heterocycles. The topological polar surface area (TPSA) is 3.24 Å². The van der Waals surface area contributed by atoms with Gasteiger partial charge in [0.15, 0.2) is 0 Å². The van der Waals surface area contributed by atoms with Gasteiger partial charge in [0.05, 0.1) is 0 Å². The standard InChI is InChI=1S/C19H31N/c1-2-5-19(4-1)6-3-7-20(19)14-18-11-15-8-16(12-18)10-17(9-15)13-18/h15-17H,1-14H2. The molecule has 0 aromatic heterocycles. The summed E-state index contributed by atoms with van der Waals surface area (Å²) in [5, 5.41) is 0. The molecule has 0 unspecified atom stereocenters. The van der Waals surface area contributed by atoms with Crippen LogP contribution >= 0.6 is 0 Å². The minimum Gasteiger partial charge on any atom is -0.297 e. The van der Waals surface area contributed by atoms with Gasteiger partial charge in [-0.1, -0.05) is 12.8 Å². The Kier molecular flexibility index (Phi) is 2.65. The summed E-state index contributed by atoms with van der Waals surface area (Å²) in [5.41, 5.74) is 1.46. The molecule has 0 radical (unpaired) electrons. The van der Waals surface area contributed by atoms with Crippen LogP contribution in [0.5, 0.6) is 0 Å². The average Bonchev–Trinajstić information content (AvgIpc) is 2.99. The van der Waals surface area contributed by atoms with Crippen LogP contribution in [0.4, 0.5) is 0 Å². The van der Waals surface area contributed by atoms with Crippen LogP contribution in [0.1, 0.15) is 77.0 Å². The maximum absolute atomic E-state index is 3.02. The molecule has 1 heterocycles. The van der Waals surface area contributed by atoms with Crippen LogP contribution in [0.15, 0.2) is 0 Å². The molecule has 0 atom stereocenters. The Labute approximate surface area is 124 Å². The summed E-state index contributed by atoms with van der Waals surface area (Å²) >= 11 is 0. The molecule has 5 aliphatic carbocycles. The number of hydrogen-bond acceptors (Lipinski definition) is 1. The SMILES string of the molecule is C1CCC2(C1)CCCN2CC12CC3CC(CC(C3)C1)C2. The van der Waals surface area contributed by atoms with Gasteiger partial charge in [0.25, 0.3) is 0 Å². The molecule has 1 saturated heterocycles. The van der Waals surface area contributed by atoms with E-state index in [-0.39, 0.29) is 0 Å². The van der Waals surface area contributed by atoms with Crippen LogP contribution in [0.3, 0.4) is 0 Å². The quantitative estimate of drug-likeness (QED) is 0.710. The lowest BCUT2D eigenvalue weighted by Gasteiger charge is -2.58. The number of hydrogen-bond donors (Lipinski definition) is 0. The highest BCUT2D eigenvalue weighted by atomic mass is 15.2. The molecule has 1 heteroatoms. The van der Waals surface area contributed by atoms with Gasteiger partial charge < -0.3 is 0 Å². The Bertz CT molecular complexity index is 352. The molecule has 4 bridgehead atoms. The molecule has 5 saturated carbocycles. The Morgan fingerprint density at radius 2 is 1.30 bits per heavy atom. The van der Waals surface area contributed by atoms with Gasteiger partial charge in [-0.15, -0.1) is 0 Å². The van der Waals surface area contributed by atoms with E-state index in [2.05, 4.69) is 4.90 Å². The third-order valence-electron chi connectivity index (χ3n) is 7.97. The summed E-state index contributed by atoms with van der Waals surface area (Å²) in [4.78, 5) is 3.02. The first-order chi connectivity index (χ1) is 9.75. The fourth-order valence-electron chi connectivity index (χ4n) is 7.73. The zero-order chi connectivity index (χ0) is 13.2. The van der Waals surface area contributed by atoms with E-state index in [4.69, 9.17) is 0 Å². The van der Waals surface area contributed by atoms with Gasteiger partial charge in [0.1, 0.15) is 0 Å². The van der Waals surface area contributed by atoms with Gasteiger partial charge in [-0.3, -0.25) is 4.90 Å². The first kappa shape index (κ1) is 12.5. The van der Waals surface area contributed by atoms with Gasteiger partial charge in [0, 0.05) is 12.1 Å². The Morgan fingerprint density at radius 1 is 0.750 bits per heavy atom. The van der Waals surface area contributed by atoms with Gasteiger partial charge in [-0.05, 0) is 93.9 Å². The maximum atomic E-state index is 3.02. The number of likely N-dealkylation sites (tertiary alicyclic amines) is 1. The summed E-state index contributed by atoms with van der Waals surface area (Å²) in [7, 11) is 0. The molecule has 6 rings (SSSR count). The second kappa shape index (κ2) is 4.24. The van der Waals surface area contributed by atoms with E-state index in [1.807, 2.05) is 0 Å². The van der Waals surface area contributed by atoms with E-state index in [0.29, 0.717) is 5.54 Å². The molecule has 20 heavy (non-hydrogen) atoms. The van der Waals surface area contributed by atoms with Crippen LogP contribution in [-0.2, 0) is 0 Å².